The summed E-state index contributed by atoms with van der Waals surface area (Å²) in [7, 11) is 1.84. The summed E-state index contributed by atoms with van der Waals surface area (Å²) < 4.78 is 0.859. The van der Waals surface area contributed by atoms with Crippen molar-refractivity contribution >= 4 is 27.6 Å². The van der Waals surface area contributed by atoms with Gasteiger partial charge in [-0.1, -0.05) is 30.3 Å². The number of nitrogens with zero attached hydrogens (tertiary/aromatic N) is 2. The summed E-state index contributed by atoms with van der Waals surface area (Å²) >= 11 is 3.51. The Kier molecular flexibility index (Phi) is 4.74. The molecule has 5 heteroatoms. The molecule has 0 radical (unpaired) electrons. The fourth-order valence-electron chi connectivity index (χ4n) is 1.90. The first-order valence-electron chi connectivity index (χ1n) is 6.19. The van der Waals surface area contributed by atoms with Crippen molar-refractivity contribution in [3.63, 3.8) is 0 Å². The van der Waals surface area contributed by atoms with Crippen LogP contribution in [0, 0.1) is 0 Å². The van der Waals surface area contributed by atoms with Gasteiger partial charge in [0.25, 0.3) is 0 Å². The lowest BCUT2D eigenvalue weighted by Crippen LogP contribution is -2.19. The van der Waals surface area contributed by atoms with Crippen molar-refractivity contribution in [1.29, 1.82) is 0 Å². The van der Waals surface area contributed by atoms with Gasteiger partial charge in [0.15, 0.2) is 0 Å². The molecule has 0 saturated carbocycles. The lowest BCUT2D eigenvalue weighted by molar-refractivity contribution is 0.782. The highest BCUT2D eigenvalue weighted by molar-refractivity contribution is 9.10. The zero-order valence-corrected chi connectivity index (χ0v) is 12.6. The fourth-order valence-corrected chi connectivity index (χ4v) is 2.41. The number of benzene rings is 1. The molecule has 4 nitrogen and oxygen atoms in total. The van der Waals surface area contributed by atoms with Crippen LogP contribution in [0.3, 0.4) is 0 Å². The fraction of sp³-hybridized carbons (Fsp3) is 0.286. The van der Waals surface area contributed by atoms with Gasteiger partial charge in [0.2, 0.25) is 0 Å². The van der Waals surface area contributed by atoms with Crippen molar-refractivity contribution < 1.29 is 0 Å². The number of nitrogens with one attached hydrogen (secondary N) is 2. The lowest BCUT2D eigenvalue weighted by atomic mass is 10.1. The maximum absolute atomic E-state index is 4.26. The highest BCUT2D eigenvalue weighted by Gasteiger charge is 2.10. The van der Waals surface area contributed by atoms with E-state index in [0.29, 0.717) is 6.04 Å². The summed E-state index contributed by atoms with van der Waals surface area (Å²) in [6.07, 6.45) is 2.50. The minimum Gasteiger partial charge on any atom is -0.372 e. The van der Waals surface area contributed by atoms with Crippen molar-refractivity contribution in [2.24, 2.45) is 0 Å². The Labute approximate surface area is 121 Å². The molecule has 1 unspecified atom stereocenters. The van der Waals surface area contributed by atoms with Crippen molar-refractivity contribution in [2.45, 2.75) is 19.4 Å². The van der Waals surface area contributed by atoms with E-state index in [1.165, 1.54) is 5.56 Å². The molecule has 0 fully saturated rings. The summed E-state index contributed by atoms with van der Waals surface area (Å²) in [6, 6.07) is 10.7. The number of hydrogen-bond donors (Lipinski definition) is 2. The average Bonchev–Trinajstić information content (AvgIpc) is 2.42. The van der Waals surface area contributed by atoms with E-state index in [0.717, 1.165) is 22.5 Å². The second-order valence-electron chi connectivity index (χ2n) is 4.37. The molecule has 0 aliphatic rings. The number of rotatable bonds is 5. The van der Waals surface area contributed by atoms with E-state index >= 15 is 0 Å². The Morgan fingerprint density at radius 3 is 2.53 bits per heavy atom. The van der Waals surface area contributed by atoms with E-state index in [-0.39, 0.29) is 0 Å². The van der Waals surface area contributed by atoms with Gasteiger partial charge in [-0.05, 0) is 34.8 Å². The van der Waals surface area contributed by atoms with Crippen LogP contribution in [0.4, 0.5) is 11.6 Å². The molecule has 0 amide bonds. The maximum atomic E-state index is 4.26. The van der Waals surface area contributed by atoms with E-state index in [1.807, 2.05) is 13.1 Å². The summed E-state index contributed by atoms with van der Waals surface area (Å²) in [6.45, 7) is 2.14. The first-order valence-corrected chi connectivity index (χ1v) is 6.98. The topological polar surface area (TPSA) is 49.8 Å². The summed E-state index contributed by atoms with van der Waals surface area (Å²) in [5.74, 6) is 1.59. The monoisotopic (exact) mass is 320 g/mol. The minimum atomic E-state index is 0.290. The maximum Gasteiger partial charge on any atom is 0.146 e. The van der Waals surface area contributed by atoms with E-state index in [2.05, 4.69) is 67.7 Å². The van der Waals surface area contributed by atoms with Crippen LogP contribution in [0.2, 0.25) is 0 Å². The Bertz CT molecular complexity index is 530. The molecule has 1 atom stereocenters. The highest BCUT2D eigenvalue weighted by atomic mass is 79.9. The van der Waals surface area contributed by atoms with Crippen LogP contribution in [0.1, 0.15) is 12.5 Å². The van der Waals surface area contributed by atoms with Crippen LogP contribution in [0.5, 0.6) is 0 Å². The highest BCUT2D eigenvalue weighted by Crippen LogP contribution is 2.26. The number of hydrogen-bond acceptors (Lipinski definition) is 4. The molecule has 0 aliphatic heterocycles. The van der Waals surface area contributed by atoms with Gasteiger partial charge in [0.1, 0.15) is 22.4 Å². The molecule has 2 rings (SSSR count). The molecule has 0 aliphatic carbocycles. The van der Waals surface area contributed by atoms with Gasteiger partial charge in [-0.15, -0.1) is 0 Å². The van der Waals surface area contributed by atoms with Gasteiger partial charge >= 0.3 is 0 Å². The molecule has 0 saturated heterocycles. The van der Waals surface area contributed by atoms with Crippen LogP contribution < -0.4 is 10.6 Å². The molecule has 1 heterocycles. The van der Waals surface area contributed by atoms with E-state index < -0.39 is 0 Å². The van der Waals surface area contributed by atoms with Crippen molar-refractivity contribution in [1.82, 2.24) is 9.97 Å². The molecule has 19 heavy (non-hydrogen) atoms. The van der Waals surface area contributed by atoms with E-state index in [1.54, 1.807) is 6.33 Å². The normalized spacial score (nSPS) is 11.9. The molecule has 0 spiro atoms. The Balaban J connectivity index is 2.05. The predicted octanol–water partition coefficient (Wildman–Crippen LogP) is 3.32. The third-order valence-electron chi connectivity index (χ3n) is 2.79. The Morgan fingerprint density at radius 2 is 1.84 bits per heavy atom. The quantitative estimate of drug-likeness (QED) is 0.887. The van der Waals surface area contributed by atoms with Crippen LogP contribution in [-0.2, 0) is 6.42 Å². The Morgan fingerprint density at radius 1 is 1.16 bits per heavy atom. The molecule has 1 aromatic carbocycles. The molecule has 2 aromatic rings. The van der Waals surface area contributed by atoms with E-state index in [9.17, 15) is 0 Å². The average molecular weight is 321 g/mol. The zero-order valence-electron chi connectivity index (χ0n) is 11.0. The van der Waals surface area contributed by atoms with E-state index in [4.69, 9.17) is 0 Å². The number of halogens is 1. The van der Waals surface area contributed by atoms with Gasteiger partial charge in [0.05, 0.1) is 0 Å². The lowest BCUT2D eigenvalue weighted by Gasteiger charge is -2.16. The predicted molar refractivity (Wildman–Crippen MR) is 82.5 cm³/mol. The van der Waals surface area contributed by atoms with Crippen LogP contribution >= 0.6 is 15.9 Å². The molecular formula is C14H17BrN4. The zero-order chi connectivity index (χ0) is 13.7. The largest absolute Gasteiger partial charge is 0.372 e. The summed E-state index contributed by atoms with van der Waals surface area (Å²) in [4.78, 5) is 8.40. The third kappa shape index (κ3) is 3.67. The van der Waals surface area contributed by atoms with Crippen LogP contribution in [0.25, 0.3) is 0 Å². The SMILES string of the molecule is CNc1ncnc(NC(C)Cc2ccccc2)c1Br. The molecule has 0 bridgehead atoms. The Hall–Kier alpha value is -1.62. The second kappa shape index (κ2) is 6.52. The molecule has 100 valence electrons. The standard InChI is InChI=1S/C14H17BrN4/c1-10(8-11-6-4-3-5-7-11)19-14-12(15)13(16-2)17-9-18-14/h3-7,9-10H,8H2,1-2H3,(H2,16,17,18,19). The smallest absolute Gasteiger partial charge is 0.146 e. The molecule has 1 aromatic heterocycles. The summed E-state index contributed by atoms with van der Waals surface area (Å²) in [5, 5.41) is 6.42. The third-order valence-corrected chi connectivity index (χ3v) is 3.55. The van der Waals surface area contributed by atoms with Crippen molar-refractivity contribution in [3.8, 4) is 0 Å². The minimum absolute atomic E-state index is 0.290. The first-order chi connectivity index (χ1) is 9.20. The number of anilines is 2. The summed E-state index contributed by atoms with van der Waals surface area (Å²) in [5.41, 5.74) is 1.31. The van der Waals surface area contributed by atoms with Gasteiger partial charge < -0.3 is 10.6 Å². The van der Waals surface area contributed by atoms with Gasteiger partial charge in [-0.3, -0.25) is 0 Å². The van der Waals surface area contributed by atoms with Crippen LogP contribution in [-0.4, -0.2) is 23.1 Å². The van der Waals surface area contributed by atoms with Crippen LogP contribution in [0.15, 0.2) is 41.1 Å². The molecular weight excluding hydrogens is 304 g/mol. The second-order valence-corrected chi connectivity index (χ2v) is 5.16. The first kappa shape index (κ1) is 13.8. The van der Waals surface area contributed by atoms with Crippen molar-refractivity contribution in [3.05, 3.63) is 46.7 Å². The molecule has 2 N–H and O–H groups in total. The number of aromatic nitrogens is 2. The van der Waals surface area contributed by atoms with Gasteiger partial charge in [0, 0.05) is 13.1 Å². The van der Waals surface area contributed by atoms with Gasteiger partial charge in [-0.2, -0.15) is 0 Å². The van der Waals surface area contributed by atoms with Crippen molar-refractivity contribution in [2.75, 3.05) is 17.7 Å². The van der Waals surface area contributed by atoms with Gasteiger partial charge in [-0.25, -0.2) is 9.97 Å².